The summed E-state index contributed by atoms with van der Waals surface area (Å²) in [6, 6.07) is 12.9. The van der Waals surface area contributed by atoms with Crippen LogP contribution in [0.25, 0.3) is 11.1 Å². The van der Waals surface area contributed by atoms with Crippen LogP contribution in [0.1, 0.15) is 35.7 Å². The van der Waals surface area contributed by atoms with Gasteiger partial charge in [0.2, 0.25) is 0 Å². The second-order valence-electron chi connectivity index (χ2n) is 4.96. The normalized spacial score (nSPS) is 10.6. The van der Waals surface area contributed by atoms with Gasteiger partial charge in [0.15, 0.2) is 0 Å². The monoisotopic (exact) mass is 270 g/mol. The summed E-state index contributed by atoms with van der Waals surface area (Å²) in [6.45, 7) is 4.23. The SMILES string of the molecule is COc1ccc(C(=O)O)cc1-c1ccccc1C(C)C. The minimum atomic E-state index is -0.934. The van der Waals surface area contributed by atoms with Crippen molar-refractivity contribution in [3.05, 3.63) is 53.6 Å². The average Bonchev–Trinajstić information content (AvgIpc) is 2.46. The van der Waals surface area contributed by atoms with E-state index >= 15 is 0 Å². The summed E-state index contributed by atoms with van der Waals surface area (Å²) in [5.41, 5.74) is 3.27. The second-order valence-corrected chi connectivity index (χ2v) is 4.96. The summed E-state index contributed by atoms with van der Waals surface area (Å²) in [6.07, 6.45) is 0. The molecule has 0 bridgehead atoms. The summed E-state index contributed by atoms with van der Waals surface area (Å²) in [4.78, 5) is 11.2. The van der Waals surface area contributed by atoms with Crippen molar-refractivity contribution >= 4 is 5.97 Å². The van der Waals surface area contributed by atoms with E-state index in [1.54, 1.807) is 25.3 Å². The van der Waals surface area contributed by atoms with Crippen LogP contribution in [0.2, 0.25) is 0 Å². The first kappa shape index (κ1) is 14.1. The number of carbonyl (C=O) groups is 1. The fourth-order valence-electron chi connectivity index (χ4n) is 2.30. The van der Waals surface area contributed by atoms with Gasteiger partial charge >= 0.3 is 5.97 Å². The van der Waals surface area contributed by atoms with Crippen LogP contribution in [0.4, 0.5) is 0 Å². The Bertz CT molecular complexity index is 630. The molecule has 0 fully saturated rings. The molecule has 0 saturated carbocycles. The molecule has 0 spiro atoms. The standard InChI is InChI=1S/C17H18O3/c1-11(2)13-6-4-5-7-14(13)15-10-12(17(18)19)8-9-16(15)20-3/h4-11H,1-3H3,(H,18,19). The van der Waals surface area contributed by atoms with E-state index in [0.717, 1.165) is 11.1 Å². The fourth-order valence-corrected chi connectivity index (χ4v) is 2.30. The molecule has 2 rings (SSSR count). The third-order valence-corrected chi connectivity index (χ3v) is 3.32. The molecular weight excluding hydrogens is 252 g/mol. The maximum Gasteiger partial charge on any atom is 0.335 e. The Morgan fingerprint density at radius 3 is 2.40 bits per heavy atom. The summed E-state index contributed by atoms with van der Waals surface area (Å²) >= 11 is 0. The average molecular weight is 270 g/mol. The number of benzene rings is 2. The first-order valence-corrected chi connectivity index (χ1v) is 6.55. The Labute approximate surface area is 118 Å². The Balaban J connectivity index is 2.67. The van der Waals surface area contributed by atoms with E-state index in [9.17, 15) is 4.79 Å². The zero-order chi connectivity index (χ0) is 14.7. The van der Waals surface area contributed by atoms with Crippen molar-refractivity contribution in [3.63, 3.8) is 0 Å². The molecule has 0 radical (unpaired) electrons. The second kappa shape index (κ2) is 5.78. The first-order chi connectivity index (χ1) is 9.54. The van der Waals surface area contributed by atoms with Gasteiger partial charge in [0.05, 0.1) is 12.7 Å². The fraction of sp³-hybridized carbons (Fsp3) is 0.235. The van der Waals surface area contributed by atoms with Crippen LogP contribution in [-0.4, -0.2) is 18.2 Å². The predicted molar refractivity (Wildman–Crippen MR) is 79.5 cm³/mol. The van der Waals surface area contributed by atoms with Crippen LogP contribution in [0.5, 0.6) is 5.75 Å². The third kappa shape index (κ3) is 2.67. The van der Waals surface area contributed by atoms with E-state index in [-0.39, 0.29) is 5.56 Å². The highest BCUT2D eigenvalue weighted by molar-refractivity contribution is 5.90. The van der Waals surface area contributed by atoms with Gasteiger partial charge < -0.3 is 9.84 Å². The molecule has 0 unspecified atom stereocenters. The molecule has 0 saturated heterocycles. The molecule has 104 valence electrons. The lowest BCUT2D eigenvalue weighted by Crippen LogP contribution is -1.99. The van der Waals surface area contributed by atoms with E-state index in [0.29, 0.717) is 11.7 Å². The number of hydrogen-bond acceptors (Lipinski definition) is 2. The molecule has 2 aromatic carbocycles. The van der Waals surface area contributed by atoms with Crippen LogP contribution in [0.15, 0.2) is 42.5 Å². The number of aromatic carboxylic acids is 1. The van der Waals surface area contributed by atoms with E-state index < -0.39 is 5.97 Å². The minimum absolute atomic E-state index is 0.263. The quantitative estimate of drug-likeness (QED) is 0.906. The first-order valence-electron chi connectivity index (χ1n) is 6.55. The number of carboxylic acids is 1. The molecule has 2 aromatic rings. The van der Waals surface area contributed by atoms with E-state index in [2.05, 4.69) is 19.9 Å². The van der Waals surface area contributed by atoms with Gasteiger partial charge in [0, 0.05) is 5.56 Å². The minimum Gasteiger partial charge on any atom is -0.496 e. The molecular formula is C17H18O3. The molecule has 0 heterocycles. The van der Waals surface area contributed by atoms with Gasteiger partial charge in [0.1, 0.15) is 5.75 Å². The zero-order valence-corrected chi connectivity index (χ0v) is 11.9. The molecule has 0 aliphatic carbocycles. The highest BCUT2D eigenvalue weighted by Crippen LogP contribution is 2.35. The number of rotatable bonds is 4. The largest absolute Gasteiger partial charge is 0.496 e. The summed E-state index contributed by atoms with van der Waals surface area (Å²) < 4.78 is 5.38. The van der Waals surface area contributed by atoms with Crippen LogP contribution >= 0.6 is 0 Å². The van der Waals surface area contributed by atoms with Gasteiger partial charge in [-0.3, -0.25) is 0 Å². The number of ether oxygens (including phenoxy) is 1. The maximum atomic E-state index is 11.2. The van der Waals surface area contributed by atoms with Crippen LogP contribution in [0, 0.1) is 0 Å². The van der Waals surface area contributed by atoms with Crippen LogP contribution in [0.3, 0.4) is 0 Å². The van der Waals surface area contributed by atoms with Gasteiger partial charge in [0.25, 0.3) is 0 Å². The van der Waals surface area contributed by atoms with E-state index in [4.69, 9.17) is 9.84 Å². The number of hydrogen-bond donors (Lipinski definition) is 1. The molecule has 3 heteroatoms. The van der Waals surface area contributed by atoms with Crippen molar-refractivity contribution in [2.45, 2.75) is 19.8 Å². The molecule has 20 heavy (non-hydrogen) atoms. The lowest BCUT2D eigenvalue weighted by molar-refractivity contribution is 0.0697. The highest BCUT2D eigenvalue weighted by atomic mass is 16.5. The van der Waals surface area contributed by atoms with Crippen LogP contribution in [-0.2, 0) is 0 Å². The Morgan fingerprint density at radius 1 is 1.10 bits per heavy atom. The Morgan fingerprint density at radius 2 is 1.80 bits per heavy atom. The predicted octanol–water partition coefficient (Wildman–Crippen LogP) is 4.18. The van der Waals surface area contributed by atoms with Gasteiger partial charge in [-0.05, 0) is 35.2 Å². The molecule has 3 nitrogen and oxygen atoms in total. The van der Waals surface area contributed by atoms with Crippen molar-refractivity contribution in [2.24, 2.45) is 0 Å². The molecule has 0 aliphatic heterocycles. The maximum absolute atomic E-state index is 11.2. The van der Waals surface area contributed by atoms with Gasteiger partial charge in [-0.15, -0.1) is 0 Å². The van der Waals surface area contributed by atoms with Crippen molar-refractivity contribution in [1.29, 1.82) is 0 Å². The Kier molecular flexibility index (Phi) is 4.08. The van der Waals surface area contributed by atoms with Crippen molar-refractivity contribution in [3.8, 4) is 16.9 Å². The lowest BCUT2D eigenvalue weighted by Gasteiger charge is -2.16. The summed E-state index contributed by atoms with van der Waals surface area (Å²) in [5, 5.41) is 9.16. The van der Waals surface area contributed by atoms with Crippen molar-refractivity contribution in [1.82, 2.24) is 0 Å². The third-order valence-electron chi connectivity index (χ3n) is 3.32. The van der Waals surface area contributed by atoms with Crippen molar-refractivity contribution < 1.29 is 14.6 Å². The smallest absolute Gasteiger partial charge is 0.335 e. The highest BCUT2D eigenvalue weighted by Gasteiger charge is 2.14. The molecule has 0 aromatic heterocycles. The molecule has 0 atom stereocenters. The number of carboxylic acid groups (broad SMARTS) is 1. The van der Waals surface area contributed by atoms with Gasteiger partial charge in [-0.1, -0.05) is 38.1 Å². The van der Waals surface area contributed by atoms with Gasteiger partial charge in [-0.2, -0.15) is 0 Å². The zero-order valence-electron chi connectivity index (χ0n) is 11.9. The van der Waals surface area contributed by atoms with Crippen LogP contribution < -0.4 is 4.74 Å². The molecule has 0 amide bonds. The topological polar surface area (TPSA) is 46.5 Å². The molecule has 0 aliphatic rings. The summed E-state index contributed by atoms with van der Waals surface area (Å²) in [5.74, 6) is 0.100. The van der Waals surface area contributed by atoms with Gasteiger partial charge in [-0.25, -0.2) is 4.79 Å². The van der Waals surface area contributed by atoms with Crippen molar-refractivity contribution in [2.75, 3.05) is 7.11 Å². The molecule has 1 N–H and O–H groups in total. The van der Waals surface area contributed by atoms with E-state index in [1.807, 2.05) is 18.2 Å². The summed E-state index contributed by atoms with van der Waals surface area (Å²) in [7, 11) is 1.59. The van der Waals surface area contributed by atoms with E-state index in [1.165, 1.54) is 5.56 Å². The lowest BCUT2D eigenvalue weighted by atomic mass is 9.91. The Hall–Kier alpha value is -2.29. The number of methoxy groups -OCH3 is 1.